The molecule has 1 aromatic heterocycles. The van der Waals surface area contributed by atoms with Crippen LogP contribution in [-0.2, 0) is 11.3 Å². The van der Waals surface area contributed by atoms with Crippen molar-refractivity contribution < 1.29 is 4.74 Å². The van der Waals surface area contributed by atoms with Gasteiger partial charge in [0.15, 0.2) is 0 Å². The van der Waals surface area contributed by atoms with Crippen molar-refractivity contribution >= 4 is 11.6 Å². The summed E-state index contributed by atoms with van der Waals surface area (Å²) in [6.45, 7) is 9.21. The summed E-state index contributed by atoms with van der Waals surface area (Å²) < 4.78 is 7.75. The quantitative estimate of drug-likeness (QED) is 0.919. The summed E-state index contributed by atoms with van der Waals surface area (Å²) in [6.07, 6.45) is 2.07. The number of nitrogens with two attached hydrogens (primary N) is 1. The monoisotopic (exact) mass is 271 g/mol. The smallest absolute Gasteiger partial charge is 0.0834 e. The van der Waals surface area contributed by atoms with Gasteiger partial charge in [-0.05, 0) is 26.7 Å². The third-order valence-corrected chi connectivity index (χ3v) is 4.47. The molecule has 2 heterocycles. The minimum absolute atomic E-state index is 0.130. The van der Waals surface area contributed by atoms with Crippen LogP contribution < -0.4 is 5.73 Å². The van der Waals surface area contributed by atoms with E-state index in [4.69, 9.17) is 22.1 Å². The molecule has 1 aliphatic rings. The fourth-order valence-electron chi connectivity index (χ4n) is 3.05. The normalized spacial score (nSPS) is 33.9. The van der Waals surface area contributed by atoms with Crippen LogP contribution in [0.4, 0.5) is 0 Å². The van der Waals surface area contributed by atoms with Crippen LogP contribution >= 0.6 is 11.6 Å². The molecule has 0 spiro atoms. The molecule has 5 unspecified atom stereocenters. The maximum absolute atomic E-state index is 6.44. The van der Waals surface area contributed by atoms with Crippen molar-refractivity contribution in [2.75, 3.05) is 0 Å². The average molecular weight is 272 g/mol. The number of aromatic nitrogens is 2. The Balaban J connectivity index is 2.30. The van der Waals surface area contributed by atoms with Crippen LogP contribution in [0.2, 0.25) is 5.02 Å². The van der Waals surface area contributed by atoms with Gasteiger partial charge in [0.1, 0.15) is 0 Å². The van der Waals surface area contributed by atoms with Crippen LogP contribution in [-0.4, -0.2) is 22.0 Å². The molecule has 0 amide bonds. The first-order chi connectivity index (χ1) is 8.47. The van der Waals surface area contributed by atoms with E-state index in [9.17, 15) is 0 Å². The highest BCUT2D eigenvalue weighted by Crippen LogP contribution is 2.40. The molecule has 1 aliphatic heterocycles. The molecule has 0 radical (unpaired) electrons. The summed E-state index contributed by atoms with van der Waals surface area (Å²) in [5.41, 5.74) is 7.37. The third-order valence-electron chi connectivity index (χ3n) is 4.18. The largest absolute Gasteiger partial charge is 0.375 e. The van der Waals surface area contributed by atoms with Crippen LogP contribution in [0.25, 0.3) is 0 Å². The van der Waals surface area contributed by atoms with Gasteiger partial charge >= 0.3 is 0 Å². The molecule has 1 fully saturated rings. The van der Waals surface area contributed by atoms with E-state index >= 15 is 0 Å². The maximum Gasteiger partial charge on any atom is 0.0834 e. The van der Waals surface area contributed by atoms with Gasteiger partial charge in [-0.25, -0.2) is 0 Å². The molecule has 0 saturated carbocycles. The molecule has 2 N–H and O–H groups in total. The Hall–Kier alpha value is -0.580. The van der Waals surface area contributed by atoms with E-state index in [1.54, 1.807) is 6.20 Å². The number of rotatable bonds is 3. The molecule has 1 aromatic rings. The second kappa shape index (κ2) is 5.19. The highest BCUT2D eigenvalue weighted by molar-refractivity contribution is 6.31. The van der Waals surface area contributed by atoms with Crippen LogP contribution in [0.5, 0.6) is 0 Å². The van der Waals surface area contributed by atoms with Gasteiger partial charge < -0.3 is 10.5 Å². The van der Waals surface area contributed by atoms with Crippen LogP contribution in [0.1, 0.15) is 39.4 Å². The van der Waals surface area contributed by atoms with E-state index < -0.39 is 0 Å². The third kappa shape index (κ3) is 2.17. The van der Waals surface area contributed by atoms with Crippen LogP contribution in [0.3, 0.4) is 0 Å². The van der Waals surface area contributed by atoms with Gasteiger partial charge in [0.2, 0.25) is 0 Å². The minimum atomic E-state index is -0.130. The Labute approximate surface area is 113 Å². The van der Waals surface area contributed by atoms with Gasteiger partial charge in [0.05, 0.1) is 35.2 Å². The standard InChI is InChI=1S/C13H22ClN3O/c1-5-17-13(10(14)6-16-17)12(15)11-7(2)8(3)18-9(11)4/h6-9,11-12H,5,15H2,1-4H3. The van der Waals surface area contributed by atoms with E-state index in [1.807, 2.05) is 11.6 Å². The molecule has 4 nitrogen and oxygen atoms in total. The van der Waals surface area contributed by atoms with Gasteiger partial charge in [-0.3, -0.25) is 4.68 Å². The Morgan fingerprint density at radius 3 is 2.61 bits per heavy atom. The molecule has 18 heavy (non-hydrogen) atoms. The first-order valence-corrected chi connectivity index (χ1v) is 6.97. The van der Waals surface area contributed by atoms with E-state index in [1.165, 1.54) is 0 Å². The highest BCUT2D eigenvalue weighted by atomic mass is 35.5. The van der Waals surface area contributed by atoms with Gasteiger partial charge in [-0.15, -0.1) is 0 Å². The Morgan fingerprint density at radius 2 is 2.11 bits per heavy atom. The van der Waals surface area contributed by atoms with E-state index in [0.29, 0.717) is 10.9 Å². The van der Waals surface area contributed by atoms with Crippen molar-refractivity contribution in [3.8, 4) is 0 Å². The lowest BCUT2D eigenvalue weighted by Gasteiger charge is -2.26. The van der Waals surface area contributed by atoms with Crippen molar-refractivity contribution in [2.24, 2.45) is 17.6 Å². The predicted octanol–water partition coefficient (Wildman–Crippen LogP) is 2.62. The van der Waals surface area contributed by atoms with Crippen LogP contribution in [0, 0.1) is 11.8 Å². The zero-order chi connectivity index (χ0) is 13.4. The van der Waals surface area contributed by atoms with Crippen molar-refractivity contribution in [1.29, 1.82) is 0 Å². The van der Waals surface area contributed by atoms with E-state index in [-0.39, 0.29) is 24.2 Å². The molecule has 0 aliphatic carbocycles. The zero-order valence-electron chi connectivity index (χ0n) is 11.4. The SMILES string of the molecule is CCn1ncc(Cl)c1C(N)C1C(C)OC(C)C1C. The summed E-state index contributed by atoms with van der Waals surface area (Å²) in [4.78, 5) is 0. The first-order valence-electron chi connectivity index (χ1n) is 6.59. The molecule has 5 atom stereocenters. The molecule has 2 rings (SSSR count). The van der Waals surface area contributed by atoms with Crippen molar-refractivity contribution in [3.05, 3.63) is 16.9 Å². The Morgan fingerprint density at radius 1 is 1.44 bits per heavy atom. The van der Waals surface area contributed by atoms with E-state index in [0.717, 1.165) is 12.2 Å². The topological polar surface area (TPSA) is 53.1 Å². The molecule has 0 aromatic carbocycles. The van der Waals surface area contributed by atoms with Gasteiger partial charge in [0, 0.05) is 12.5 Å². The zero-order valence-corrected chi connectivity index (χ0v) is 12.2. The first kappa shape index (κ1) is 13.8. The lowest BCUT2D eigenvalue weighted by molar-refractivity contribution is 0.0487. The number of ether oxygens (including phenoxy) is 1. The van der Waals surface area contributed by atoms with Gasteiger partial charge in [-0.1, -0.05) is 18.5 Å². The van der Waals surface area contributed by atoms with Crippen molar-refractivity contribution in [2.45, 2.75) is 52.5 Å². The minimum Gasteiger partial charge on any atom is -0.375 e. The second-order valence-electron chi connectivity index (χ2n) is 5.20. The fourth-order valence-corrected chi connectivity index (χ4v) is 3.32. The molecule has 102 valence electrons. The molecule has 5 heteroatoms. The molecular formula is C13H22ClN3O. The predicted molar refractivity (Wildman–Crippen MR) is 72.5 cm³/mol. The Kier molecular flexibility index (Phi) is 3.99. The van der Waals surface area contributed by atoms with Gasteiger partial charge in [0.25, 0.3) is 0 Å². The summed E-state index contributed by atoms with van der Waals surface area (Å²) >= 11 is 6.22. The summed E-state index contributed by atoms with van der Waals surface area (Å²) in [7, 11) is 0. The van der Waals surface area contributed by atoms with Gasteiger partial charge in [-0.2, -0.15) is 5.10 Å². The summed E-state index contributed by atoms with van der Waals surface area (Å²) in [6, 6.07) is -0.130. The maximum atomic E-state index is 6.44. The number of hydrogen-bond acceptors (Lipinski definition) is 3. The average Bonchev–Trinajstić information content (AvgIpc) is 2.80. The molecular weight excluding hydrogens is 250 g/mol. The number of hydrogen-bond donors (Lipinski definition) is 1. The van der Waals surface area contributed by atoms with Crippen molar-refractivity contribution in [1.82, 2.24) is 9.78 Å². The van der Waals surface area contributed by atoms with Crippen molar-refractivity contribution in [3.63, 3.8) is 0 Å². The molecule has 0 bridgehead atoms. The Bertz CT molecular complexity index is 420. The number of halogens is 1. The number of aryl methyl sites for hydroxylation is 1. The molecule has 1 saturated heterocycles. The number of nitrogens with zero attached hydrogens (tertiary/aromatic N) is 2. The van der Waals surface area contributed by atoms with Crippen LogP contribution in [0.15, 0.2) is 6.20 Å². The summed E-state index contributed by atoms with van der Waals surface area (Å²) in [5, 5.41) is 4.92. The lowest BCUT2D eigenvalue weighted by Crippen LogP contribution is -2.32. The lowest BCUT2D eigenvalue weighted by atomic mass is 9.82. The second-order valence-corrected chi connectivity index (χ2v) is 5.61. The van der Waals surface area contributed by atoms with E-state index in [2.05, 4.69) is 25.9 Å². The fraction of sp³-hybridized carbons (Fsp3) is 0.769. The summed E-state index contributed by atoms with van der Waals surface area (Å²) in [5.74, 6) is 0.700. The highest BCUT2D eigenvalue weighted by Gasteiger charge is 2.42.